The summed E-state index contributed by atoms with van der Waals surface area (Å²) < 4.78 is 4.52. The van der Waals surface area contributed by atoms with Crippen molar-refractivity contribution in [3.05, 3.63) is 0 Å². The number of carbonyl (C=O) groups is 2. The van der Waals surface area contributed by atoms with Crippen LogP contribution in [0.1, 0.15) is 20.3 Å². The second-order valence-electron chi connectivity index (χ2n) is 3.43. The maximum atomic E-state index is 11.2. The van der Waals surface area contributed by atoms with Crippen LogP contribution in [0.4, 0.5) is 0 Å². The van der Waals surface area contributed by atoms with E-state index >= 15 is 0 Å². The van der Waals surface area contributed by atoms with Gasteiger partial charge in [0.2, 0.25) is 5.91 Å². The lowest BCUT2D eigenvalue weighted by Crippen LogP contribution is -2.43. The van der Waals surface area contributed by atoms with Gasteiger partial charge in [-0.25, -0.2) is 4.79 Å². The molecule has 0 unspecified atom stereocenters. The highest BCUT2D eigenvalue weighted by atomic mass is 16.5. The summed E-state index contributed by atoms with van der Waals surface area (Å²) in [6.07, 6.45) is 0.498. The third kappa shape index (κ3) is 4.81. The van der Waals surface area contributed by atoms with E-state index < -0.39 is 24.5 Å². The molecule has 0 radical (unpaired) electrons. The number of ether oxygens (including phenoxy) is 1. The molecule has 0 saturated heterocycles. The van der Waals surface area contributed by atoms with Crippen molar-refractivity contribution in [1.82, 2.24) is 5.32 Å². The van der Waals surface area contributed by atoms with E-state index in [2.05, 4.69) is 10.1 Å². The standard InChI is InChI=1S/C9H17NO4/c1-6(2)4-7(9(13)14-3)10-8(12)5-11/h6-7,11H,4-5H2,1-3H3,(H,10,12)/t7-/m0/s1. The van der Waals surface area contributed by atoms with Crippen molar-refractivity contribution in [3.8, 4) is 0 Å². The number of hydrogen-bond acceptors (Lipinski definition) is 4. The summed E-state index contributed by atoms with van der Waals surface area (Å²) in [5, 5.41) is 10.9. The Morgan fingerprint density at radius 3 is 2.36 bits per heavy atom. The average molecular weight is 203 g/mol. The molecule has 0 aromatic rings. The van der Waals surface area contributed by atoms with Gasteiger partial charge in [-0.1, -0.05) is 13.8 Å². The minimum Gasteiger partial charge on any atom is -0.467 e. The molecule has 0 aromatic carbocycles. The minimum atomic E-state index is -0.667. The molecule has 14 heavy (non-hydrogen) atoms. The van der Waals surface area contributed by atoms with Crippen molar-refractivity contribution in [2.45, 2.75) is 26.3 Å². The maximum Gasteiger partial charge on any atom is 0.328 e. The van der Waals surface area contributed by atoms with Crippen molar-refractivity contribution in [3.63, 3.8) is 0 Å². The van der Waals surface area contributed by atoms with E-state index in [1.54, 1.807) is 0 Å². The molecule has 0 bridgehead atoms. The fourth-order valence-corrected chi connectivity index (χ4v) is 1.07. The predicted molar refractivity (Wildman–Crippen MR) is 50.5 cm³/mol. The number of aliphatic hydroxyl groups excluding tert-OH is 1. The normalized spacial score (nSPS) is 12.4. The van der Waals surface area contributed by atoms with Crippen molar-refractivity contribution in [1.29, 1.82) is 0 Å². The van der Waals surface area contributed by atoms with Gasteiger partial charge in [0.25, 0.3) is 0 Å². The van der Waals surface area contributed by atoms with Gasteiger partial charge < -0.3 is 15.2 Å². The lowest BCUT2D eigenvalue weighted by atomic mass is 10.0. The highest BCUT2D eigenvalue weighted by Crippen LogP contribution is 2.05. The molecule has 82 valence electrons. The third-order valence-electron chi connectivity index (χ3n) is 1.67. The summed E-state index contributed by atoms with van der Waals surface area (Å²) in [4.78, 5) is 22.0. The summed E-state index contributed by atoms with van der Waals surface area (Å²) >= 11 is 0. The van der Waals surface area contributed by atoms with Gasteiger partial charge in [0.15, 0.2) is 0 Å². The Balaban J connectivity index is 4.24. The van der Waals surface area contributed by atoms with Gasteiger partial charge in [-0.05, 0) is 12.3 Å². The van der Waals surface area contributed by atoms with Crippen LogP contribution in [0.3, 0.4) is 0 Å². The summed E-state index contributed by atoms with van der Waals surface area (Å²) in [5.41, 5.74) is 0. The van der Waals surface area contributed by atoms with Crippen molar-refractivity contribution in [2.75, 3.05) is 13.7 Å². The number of nitrogens with one attached hydrogen (secondary N) is 1. The monoisotopic (exact) mass is 203 g/mol. The van der Waals surface area contributed by atoms with Gasteiger partial charge in [0, 0.05) is 0 Å². The second-order valence-corrected chi connectivity index (χ2v) is 3.43. The van der Waals surface area contributed by atoms with Crippen LogP contribution >= 0.6 is 0 Å². The molecule has 1 atom stereocenters. The van der Waals surface area contributed by atoms with E-state index in [0.717, 1.165) is 0 Å². The van der Waals surface area contributed by atoms with Crippen molar-refractivity contribution in [2.24, 2.45) is 5.92 Å². The van der Waals surface area contributed by atoms with Crippen molar-refractivity contribution < 1.29 is 19.4 Å². The van der Waals surface area contributed by atoms with E-state index in [9.17, 15) is 9.59 Å². The fourth-order valence-electron chi connectivity index (χ4n) is 1.07. The molecule has 0 aliphatic heterocycles. The van der Waals surface area contributed by atoms with Gasteiger partial charge in [0.1, 0.15) is 12.6 Å². The van der Waals surface area contributed by atoms with Crippen molar-refractivity contribution >= 4 is 11.9 Å². The molecule has 0 spiro atoms. The third-order valence-corrected chi connectivity index (χ3v) is 1.67. The average Bonchev–Trinajstić information content (AvgIpc) is 2.14. The number of aliphatic hydroxyl groups is 1. The SMILES string of the molecule is COC(=O)[C@H](CC(C)C)NC(=O)CO. The van der Waals surface area contributed by atoms with Crippen LogP contribution in [0.5, 0.6) is 0 Å². The van der Waals surface area contributed by atoms with Crippen LogP contribution < -0.4 is 5.32 Å². The van der Waals surface area contributed by atoms with Crippen LogP contribution in [0.15, 0.2) is 0 Å². The molecule has 0 heterocycles. The van der Waals surface area contributed by atoms with Crippen LogP contribution in [0.25, 0.3) is 0 Å². The summed E-state index contributed by atoms with van der Waals surface area (Å²) in [6, 6.07) is -0.667. The van der Waals surface area contributed by atoms with E-state index in [1.165, 1.54) is 7.11 Å². The number of esters is 1. The highest BCUT2D eigenvalue weighted by Gasteiger charge is 2.21. The predicted octanol–water partition coefficient (Wildman–Crippen LogP) is -0.317. The molecule has 1 amide bonds. The van der Waals surface area contributed by atoms with E-state index in [-0.39, 0.29) is 5.92 Å². The Kier molecular flexibility index (Phi) is 5.87. The number of rotatable bonds is 5. The molecule has 0 rings (SSSR count). The molecule has 0 aliphatic rings. The van der Waals surface area contributed by atoms with Crippen LogP contribution in [0, 0.1) is 5.92 Å². The number of carbonyl (C=O) groups excluding carboxylic acids is 2. The molecule has 5 nitrogen and oxygen atoms in total. The first-order valence-electron chi connectivity index (χ1n) is 4.49. The number of methoxy groups -OCH3 is 1. The topological polar surface area (TPSA) is 75.6 Å². The summed E-state index contributed by atoms with van der Waals surface area (Å²) in [7, 11) is 1.26. The molecular weight excluding hydrogens is 186 g/mol. The van der Waals surface area contributed by atoms with Gasteiger partial charge >= 0.3 is 5.97 Å². The molecule has 0 fully saturated rings. The lowest BCUT2D eigenvalue weighted by Gasteiger charge is -2.17. The Morgan fingerprint density at radius 1 is 1.43 bits per heavy atom. The van der Waals surface area contributed by atoms with Crippen LogP contribution in [0.2, 0.25) is 0 Å². The molecular formula is C9H17NO4. The summed E-state index contributed by atoms with van der Waals surface area (Å²) in [5.74, 6) is -0.792. The van der Waals surface area contributed by atoms with Crippen LogP contribution in [-0.4, -0.2) is 36.7 Å². The molecule has 0 aromatic heterocycles. The van der Waals surface area contributed by atoms with E-state index in [0.29, 0.717) is 6.42 Å². The summed E-state index contributed by atoms with van der Waals surface area (Å²) in [6.45, 7) is 3.24. The van der Waals surface area contributed by atoms with E-state index in [1.807, 2.05) is 13.8 Å². The zero-order valence-corrected chi connectivity index (χ0v) is 8.74. The fraction of sp³-hybridized carbons (Fsp3) is 0.778. The Morgan fingerprint density at radius 2 is 2.00 bits per heavy atom. The van der Waals surface area contributed by atoms with Gasteiger partial charge in [-0.3, -0.25) is 4.79 Å². The Bertz CT molecular complexity index is 203. The zero-order chi connectivity index (χ0) is 11.1. The zero-order valence-electron chi connectivity index (χ0n) is 8.74. The molecule has 0 saturated carbocycles. The first kappa shape index (κ1) is 12.9. The maximum absolute atomic E-state index is 11.2. The van der Waals surface area contributed by atoms with Crippen LogP contribution in [-0.2, 0) is 14.3 Å². The molecule has 0 aliphatic carbocycles. The molecule has 5 heteroatoms. The largest absolute Gasteiger partial charge is 0.467 e. The Labute approximate surface area is 83.4 Å². The first-order valence-corrected chi connectivity index (χ1v) is 4.49. The number of hydrogen-bond donors (Lipinski definition) is 2. The quantitative estimate of drug-likeness (QED) is 0.601. The number of amides is 1. The molecule has 2 N–H and O–H groups in total. The lowest BCUT2D eigenvalue weighted by molar-refractivity contribution is -0.145. The second kappa shape index (κ2) is 6.37. The first-order chi connectivity index (χ1) is 6.51. The van der Waals surface area contributed by atoms with Gasteiger partial charge in [0.05, 0.1) is 7.11 Å². The Hall–Kier alpha value is -1.10. The van der Waals surface area contributed by atoms with E-state index in [4.69, 9.17) is 5.11 Å². The minimum absolute atomic E-state index is 0.262. The smallest absolute Gasteiger partial charge is 0.328 e. The van der Waals surface area contributed by atoms with Gasteiger partial charge in [-0.15, -0.1) is 0 Å². The van der Waals surface area contributed by atoms with Gasteiger partial charge in [-0.2, -0.15) is 0 Å². The highest BCUT2D eigenvalue weighted by molar-refractivity contribution is 5.84.